The lowest BCUT2D eigenvalue weighted by Gasteiger charge is -2.35. The molecule has 1 N–H and O–H groups in total. The van der Waals surface area contributed by atoms with Crippen LogP contribution in [-0.4, -0.2) is 56.9 Å². The van der Waals surface area contributed by atoms with Crippen LogP contribution in [0, 0.1) is 6.92 Å². The fourth-order valence-electron chi connectivity index (χ4n) is 2.90. The maximum atomic E-state index is 5.79. The predicted octanol–water partition coefficient (Wildman–Crippen LogP) is 3.21. The van der Waals surface area contributed by atoms with Crippen LogP contribution in [0.4, 0.5) is 0 Å². The molecule has 1 aliphatic rings. The molecule has 1 saturated heterocycles. The zero-order valence-electron chi connectivity index (χ0n) is 15.9. The highest BCUT2D eigenvalue weighted by Gasteiger charge is 2.32. The third kappa shape index (κ3) is 6.75. The number of aliphatic imine (C=N–C) groups is 1. The Bertz CT molecular complexity index is 528. The van der Waals surface area contributed by atoms with Crippen LogP contribution in [0.15, 0.2) is 29.3 Å². The first-order valence-electron chi connectivity index (χ1n) is 8.76. The van der Waals surface area contributed by atoms with E-state index in [-0.39, 0.29) is 29.6 Å². The average molecular weight is 461 g/mol. The summed E-state index contributed by atoms with van der Waals surface area (Å²) in [4.78, 5) is 7.01. The Morgan fingerprint density at radius 2 is 1.92 bits per heavy atom. The molecule has 25 heavy (non-hydrogen) atoms. The first-order chi connectivity index (χ1) is 11.6. The van der Waals surface area contributed by atoms with Crippen molar-refractivity contribution in [2.45, 2.75) is 38.8 Å². The second kappa shape index (κ2) is 11.0. The zero-order valence-corrected chi connectivity index (χ0v) is 18.2. The molecule has 0 atom stereocenters. The highest BCUT2D eigenvalue weighted by atomic mass is 127. The van der Waals surface area contributed by atoms with E-state index >= 15 is 0 Å². The summed E-state index contributed by atoms with van der Waals surface area (Å²) in [6.45, 7) is 8.04. The largest absolute Gasteiger partial charge is 0.381 e. The minimum absolute atomic E-state index is 0. The molecule has 0 aromatic heterocycles. The molecule has 0 saturated carbocycles. The number of hydrogen-bond acceptors (Lipinski definition) is 3. The molecule has 1 fully saturated rings. The van der Waals surface area contributed by atoms with Gasteiger partial charge in [0.1, 0.15) is 0 Å². The van der Waals surface area contributed by atoms with E-state index in [4.69, 9.17) is 14.5 Å². The number of nitrogens with zero attached hydrogens (tertiary/aromatic N) is 2. The van der Waals surface area contributed by atoms with Crippen molar-refractivity contribution in [3.05, 3.63) is 35.4 Å². The number of methoxy groups -OCH3 is 1. The summed E-state index contributed by atoms with van der Waals surface area (Å²) in [5, 5.41) is 3.38. The number of hydrogen-bond donors (Lipinski definition) is 1. The van der Waals surface area contributed by atoms with Gasteiger partial charge in [-0.1, -0.05) is 29.8 Å². The number of nitrogens with one attached hydrogen (secondary N) is 1. The van der Waals surface area contributed by atoms with Gasteiger partial charge in [-0.3, -0.25) is 4.99 Å². The van der Waals surface area contributed by atoms with Crippen molar-refractivity contribution in [3.63, 3.8) is 0 Å². The van der Waals surface area contributed by atoms with Gasteiger partial charge in [-0.25, -0.2) is 0 Å². The molecular formula is C19H32IN3O2. The quantitative estimate of drug-likeness (QED) is 0.402. The van der Waals surface area contributed by atoms with Gasteiger partial charge in [0.15, 0.2) is 5.96 Å². The van der Waals surface area contributed by atoms with Crippen molar-refractivity contribution in [2.75, 3.05) is 40.5 Å². The zero-order chi connectivity index (χ0) is 17.4. The fraction of sp³-hybridized carbons (Fsp3) is 0.632. The number of guanidine groups is 1. The summed E-state index contributed by atoms with van der Waals surface area (Å²) in [7, 11) is 3.86. The van der Waals surface area contributed by atoms with Gasteiger partial charge in [0.25, 0.3) is 0 Å². The monoisotopic (exact) mass is 461 g/mol. The maximum absolute atomic E-state index is 5.79. The Morgan fingerprint density at radius 1 is 1.28 bits per heavy atom. The first-order valence-corrected chi connectivity index (χ1v) is 8.76. The molecule has 1 heterocycles. The van der Waals surface area contributed by atoms with E-state index in [2.05, 4.69) is 55.4 Å². The smallest absolute Gasteiger partial charge is 0.194 e. The van der Waals surface area contributed by atoms with Gasteiger partial charge in [0.05, 0.1) is 12.1 Å². The lowest BCUT2D eigenvalue weighted by molar-refractivity contribution is -0.0829. The Balaban J connectivity index is 0.00000312. The third-order valence-electron chi connectivity index (χ3n) is 4.59. The third-order valence-corrected chi connectivity index (χ3v) is 4.59. The van der Waals surface area contributed by atoms with E-state index in [1.54, 1.807) is 7.11 Å². The van der Waals surface area contributed by atoms with Crippen LogP contribution in [-0.2, 0) is 16.0 Å². The van der Waals surface area contributed by atoms with Crippen molar-refractivity contribution in [1.29, 1.82) is 0 Å². The Morgan fingerprint density at radius 3 is 2.48 bits per heavy atom. The molecule has 0 radical (unpaired) electrons. The molecule has 0 aliphatic carbocycles. The number of halogens is 1. The van der Waals surface area contributed by atoms with E-state index < -0.39 is 0 Å². The maximum Gasteiger partial charge on any atom is 0.194 e. The second-order valence-corrected chi connectivity index (χ2v) is 6.51. The Labute approximate surface area is 169 Å². The van der Waals surface area contributed by atoms with Crippen molar-refractivity contribution >= 4 is 29.9 Å². The Hall–Kier alpha value is -0.860. The average Bonchev–Trinajstić information content (AvgIpc) is 2.61. The lowest BCUT2D eigenvalue weighted by atomic mass is 9.94. The van der Waals surface area contributed by atoms with E-state index in [0.717, 1.165) is 45.1 Å². The van der Waals surface area contributed by atoms with Crippen molar-refractivity contribution in [1.82, 2.24) is 10.2 Å². The lowest BCUT2D eigenvalue weighted by Crippen LogP contribution is -2.44. The molecule has 1 aromatic carbocycles. The van der Waals surface area contributed by atoms with Crippen LogP contribution in [0.3, 0.4) is 0 Å². The van der Waals surface area contributed by atoms with Crippen LogP contribution >= 0.6 is 24.0 Å². The van der Waals surface area contributed by atoms with E-state index in [0.29, 0.717) is 6.54 Å². The molecule has 1 aliphatic heterocycles. The number of ether oxygens (including phenoxy) is 2. The molecule has 1 aromatic rings. The topological polar surface area (TPSA) is 46.1 Å². The van der Waals surface area contributed by atoms with E-state index in [1.165, 1.54) is 11.1 Å². The summed E-state index contributed by atoms with van der Waals surface area (Å²) in [6, 6.07) is 8.64. The van der Waals surface area contributed by atoms with Crippen LogP contribution in [0.5, 0.6) is 0 Å². The van der Waals surface area contributed by atoms with Crippen LogP contribution in [0.1, 0.15) is 30.9 Å². The van der Waals surface area contributed by atoms with Gasteiger partial charge < -0.3 is 19.7 Å². The first kappa shape index (κ1) is 22.2. The molecule has 0 spiro atoms. The predicted molar refractivity (Wildman–Crippen MR) is 114 cm³/mol. The second-order valence-electron chi connectivity index (χ2n) is 6.51. The van der Waals surface area contributed by atoms with E-state index in [9.17, 15) is 0 Å². The summed E-state index contributed by atoms with van der Waals surface area (Å²) in [6.07, 6.45) is 1.79. The summed E-state index contributed by atoms with van der Waals surface area (Å²) in [5.41, 5.74) is 2.37. The highest BCUT2D eigenvalue weighted by molar-refractivity contribution is 14.0. The molecule has 0 bridgehead atoms. The fourth-order valence-corrected chi connectivity index (χ4v) is 2.90. The highest BCUT2D eigenvalue weighted by Crippen LogP contribution is 2.24. The molecule has 0 amide bonds. The number of benzene rings is 1. The molecule has 0 unspecified atom stereocenters. The van der Waals surface area contributed by atoms with E-state index in [1.807, 2.05) is 0 Å². The van der Waals surface area contributed by atoms with Gasteiger partial charge in [0.2, 0.25) is 0 Å². The standard InChI is InChI=1S/C19H31N3O2.HI/c1-5-20-18(21-15-19(23-4)10-12-24-13-11-19)22(3)14-17-8-6-16(2)7-9-17;/h6-9H,5,10-15H2,1-4H3,(H,20,21);1H. The minimum atomic E-state index is -0.191. The van der Waals surface area contributed by atoms with Crippen molar-refractivity contribution in [2.24, 2.45) is 4.99 Å². The SMILES string of the molecule is CCNC(=NCC1(OC)CCOCC1)N(C)Cc1ccc(C)cc1.I. The molecule has 142 valence electrons. The van der Waals surface area contributed by atoms with Crippen molar-refractivity contribution < 1.29 is 9.47 Å². The molecular weight excluding hydrogens is 429 g/mol. The summed E-state index contributed by atoms with van der Waals surface area (Å²) in [5.74, 6) is 0.918. The Kier molecular flexibility index (Phi) is 9.74. The molecule has 2 rings (SSSR count). The number of rotatable bonds is 6. The van der Waals surface area contributed by atoms with Crippen LogP contribution < -0.4 is 5.32 Å². The van der Waals surface area contributed by atoms with Crippen molar-refractivity contribution in [3.8, 4) is 0 Å². The molecule has 6 heteroatoms. The van der Waals surface area contributed by atoms with Gasteiger partial charge in [-0.05, 0) is 19.4 Å². The van der Waals surface area contributed by atoms with Gasteiger partial charge in [-0.15, -0.1) is 24.0 Å². The minimum Gasteiger partial charge on any atom is -0.381 e. The summed E-state index contributed by atoms with van der Waals surface area (Å²) < 4.78 is 11.2. The summed E-state index contributed by atoms with van der Waals surface area (Å²) >= 11 is 0. The van der Waals surface area contributed by atoms with Crippen LogP contribution in [0.2, 0.25) is 0 Å². The van der Waals surface area contributed by atoms with Gasteiger partial charge in [-0.2, -0.15) is 0 Å². The normalized spacial score (nSPS) is 16.9. The van der Waals surface area contributed by atoms with Crippen LogP contribution in [0.25, 0.3) is 0 Å². The van der Waals surface area contributed by atoms with Gasteiger partial charge in [0, 0.05) is 53.3 Å². The number of aryl methyl sites for hydroxylation is 1. The molecule has 5 nitrogen and oxygen atoms in total. The van der Waals surface area contributed by atoms with Gasteiger partial charge >= 0.3 is 0 Å².